The topological polar surface area (TPSA) is 50.4 Å². The van der Waals surface area contributed by atoms with Crippen LogP contribution in [0.15, 0.2) is 0 Å². The normalized spacial score (nSPS) is 36.2. The quantitative estimate of drug-likeness (QED) is 0.631. The fourth-order valence-corrected chi connectivity index (χ4v) is 2.01. The van der Waals surface area contributed by atoms with E-state index < -0.39 is 0 Å². The van der Waals surface area contributed by atoms with Gasteiger partial charge in [-0.1, -0.05) is 0 Å². The molecule has 4 nitrogen and oxygen atoms in total. The van der Waals surface area contributed by atoms with E-state index in [0.717, 1.165) is 0 Å². The van der Waals surface area contributed by atoms with Crippen molar-refractivity contribution in [2.75, 3.05) is 13.4 Å². The molecule has 0 bridgehead atoms. The molecular formula is C7H14N2O2S. The number of ether oxygens (including phenoxy) is 1. The van der Waals surface area contributed by atoms with Gasteiger partial charge in [0, 0.05) is 13.2 Å². The summed E-state index contributed by atoms with van der Waals surface area (Å²) in [5, 5.41) is 5.81. The van der Waals surface area contributed by atoms with E-state index in [-0.39, 0.29) is 23.6 Å². The van der Waals surface area contributed by atoms with Gasteiger partial charge >= 0.3 is 0 Å². The summed E-state index contributed by atoms with van der Waals surface area (Å²) in [6.45, 7) is 1.98. The van der Waals surface area contributed by atoms with Gasteiger partial charge < -0.3 is 10.1 Å². The summed E-state index contributed by atoms with van der Waals surface area (Å²) >= 11 is 1.54. The molecule has 0 aliphatic carbocycles. The Morgan fingerprint density at radius 2 is 2.25 bits per heavy atom. The van der Waals surface area contributed by atoms with E-state index in [2.05, 4.69) is 10.6 Å². The maximum absolute atomic E-state index is 11.4. The fourth-order valence-electron chi connectivity index (χ4n) is 1.24. The van der Waals surface area contributed by atoms with E-state index in [9.17, 15) is 4.79 Å². The van der Waals surface area contributed by atoms with Gasteiger partial charge in [0.1, 0.15) is 0 Å². The van der Waals surface area contributed by atoms with Crippen LogP contribution in [0, 0.1) is 0 Å². The van der Waals surface area contributed by atoms with Gasteiger partial charge in [-0.25, -0.2) is 0 Å². The summed E-state index contributed by atoms with van der Waals surface area (Å²) in [5.74, 6) is 0.0422. The highest BCUT2D eigenvalue weighted by Crippen LogP contribution is 2.15. The third-order valence-corrected chi connectivity index (χ3v) is 3.02. The smallest absolute Gasteiger partial charge is 0.237 e. The van der Waals surface area contributed by atoms with Gasteiger partial charge in [-0.2, -0.15) is 11.8 Å². The molecular weight excluding hydrogens is 176 g/mol. The summed E-state index contributed by atoms with van der Waals surface area (Å²) in [5.41, 5.74) is 0. The lowest BCUT2D eigenvalue weighted by Gasteiger charge is -2.33. The Balaban J connectivity index is 2.57. The molecule has 5 heteroatoms. The van der Waals surface area contributed by atoms with Crippen LogP contribution in [0.4, 0.5) is 0 Å². The van der Waals surface area contributed by atoms with Crippen LogP contribution >= 0.6 is 11.8 Å². The number of rotatable bonds is 2. The van der Waals surface area contributed by atoms with Crippen LogP contribution in [-0.2, 0) is 9.53 Å². The highest BCUT2D eigenvalue weighted by atomic mass is 32.2. The van der Waals surface area contributed by atoms with Crippen LogP contribution in [0.5, 0.6) is 0 Å². The predicted molar refractivity (Wildman–Crippen MR) is 48.8 cm³/mol. The zero-order chi connectivity index (χ0) is 9.14. The Morgan fingerprint density at radius 3 is 2.67 bits per heavy atom. The lowest BCUT2D eigenvalue weighted by molar-refractivity contribution is -0.129. The number of thioether (sulfide) groups is 1. The van der Waals surface area contributed by atoms with Crippen LogP contribution < -0.4 is 10.6 Å². The predicted octanol–water partition coefficient (Wildman–Crippen LogP) is -0.244. The average molecular weight is 190 g/mol. The van der Waals surface area contributed by atoms with Crippen molar-refractivity contribution in [3.63, 3.8) is 0 Å². The van der Waals surface area contributed by atoms with Gasteiger partial charge in [0.2, 0.25) is 5.91 Å². The van der Waals surface area contributed by atoms with E-state index in [1.807, 2.05) is 13.2 Å². The fraction of sp³-hybridized carbons (Fsp3) is 0.857. The molecule has 1 aliphatic heterocycles. The number of carbonyl (C=O) groups excluding carboxylic acids is 1. The Bertz CT molecular complexity index is 177. The van der Waals surface area contributed by atoms with E-state index in [0.29, 0.717) is 0 Å². The minimum absolute atomic E-state index is 0.0172. The van der Waals surface area contributed by atoms with Crippen molar-refractivity contribution >= 4 is 17.7 Å². The Labute approximate surface area is 76.4 Å². The van der Waals surface area contributed by atoms with E-state index in [1.165, 1.54) is 0 Å². The lowest BCUT2D eigenvalue weighted by Crippen LogP contribution is -2.62. The van der Waals surface area contributed by atoms with Crippen molar-refractivity contribution in [2.45, 2.75) is 24.6 Å². The van der Waals surface area contributed by atoms with Crippen molar-refractivity contribution in [1.29, 1.82) is 0 Å². The van der Waals surface area contributed by atoms with Gasteiger partial charge in [-0.05, 0) is 13.2 Å². The monoisotopic (exact) mass is 190 g/mol. The molecule has 0 aromatic rings. The number of carbonyl (C=O) groups is 1. The highest BCUT2D eigenvalue weighted by molar-refractivity contribution is 8.00. The third kappa shape index (κ3) is 1.91. The van der Waals surface area contributed by atoms with Crippen molar-refractivity contribution in [2.24, 2.45) is 0 Å². The first-order valence-corrected chi connectivity index (χ1v) is 5.10. The van der Waals surface area contributed by atoms with Crippen LogP contribution in [0.1, 0.15) is 6.92 Å². The molecule has 0 spiro atoms. The van der Waals surface area contributed by atoms with Gasteiger partial charge in [-0.15, -0.1) is 0 Å². The molecule has 1 rings (SSSR count). The first-order chi connectivity index (χ1) is 5.69. The summed E-state index contributed by atoms with van der Waals surface area (Å²) < 4.78 is 4.97. The molecule has 12 heavy (non-hydrogen) atoms. The second-order valence-electron chi connectivity index (χ2n) is 2.74. The Hall–Kier alpha value is -0.260. The van der Waals surface area contributed by atoms with Gasteiger partial charge in [-0.3, -0.25) is 10.1 Å². The van der Waals surface area contributed by atoms with E-state index in [4.69, 9.17) is 4.74 Å². The van der Waals surface area contributed by atoms with Crippen molar-refractivity contribution < 1.29 is 9.53 Å². The summed E-state index contributed by atoms with van der Waals surface area (Å²) in [4.78, 5) is 11.4. The first kappa shape index (κ1) is 9.83. The molecule has 3 atom stereocenters. The Morgan fingerprint density at radius 1 is 1.58 bits per heavy atom. The van der Waals surface area contributed by atoms with E-state index in [1.54, 1.807) is 18.9 Å². The van der Waals surface area contributed by atoms with Crippen molar-refractivity contribution in [1.82, 2.24) is 10.6 Å². The van der Waals surface area contributed by atoms with Crippen LogP contribution in [0.25, 0.3) is 0 Å². The zero-order valence-corrected chi connectivity index (χ0v) is 8.27. The molecule has 1 heterocycles. The van der Waals surface area contributed by atoms with Gasteiger partial charge in [0.15, 0.2) is 6.35 Å². The van der Waals surface area contributed by atoms with Crippen LogP contribution in [-0.4, -0.2) is 36.9 Å². The van der Waals surface area contributed by atoms with Gasteiger partial charge in [0.05, 0.1) is 5.25 Å². The number of hydrogen-bond donors (Lipinski definition) is 2. The van der Waals surface area contributed by atoms with Crippen LogP contribution in [0.2, 0.25) is 0 Å². The molecule has 70 valence electrons. The lowest BCUT2D eigenvalue weighted by atomic mass is 10.2. The summed E-state index contributed by atoms with van der Waals surface area (Å²) in [7, 11) is 1.56. The molecule has 0 radical (unpaired) electrons. The molecule has 2 N–H and O–H groups in total. The maximum atomic E-state index is 11.4. The molecule has 3 unspecified atom stereocenters. The number of hydrogen-bond acceptors (Lipinski definition) is 4. The number of nitrogens with one attached hydrogen (secondary N) is 2. The minimum atomic E-state index is -0.337. The second kappa shape index (κ2) is 4.11. The molecule has 1 aliphatic rings. The standard InChI is InChI=1S/C7H14N2O2S/c1-4-5(12-3)6(10)9-7(8-4)11-2/h4-5,7-8H,1-3H3,(H,9,10). The minimum Gasteiger partial charge on any atom is -0.348 e. The number of amides is 1. The largest absolute Gasteiger partial charge is 0.348 e. The van der Waals surface area contributed by atoms with Gasteiger partial charge in [0.25, 0.3) is 0 Å². The molecule has 1 fully saturated rings. The molecule has 0 aromatic carbocycles. The maximum Gasteiger partial charge on any atom is 0.237 e. The molecule has 0 aromatic heterocycles. The zero-order valence-electron chi connectivity index (χ0n) is 7.46. The number of methoxy groups -OCH3 is 1. The molecule has 0 saturated carbocycles. The second-order valence-corrected chi connectivity index (χ2v) is 3.72. The van der Waals surface area contributed by atoms with Crippen LogP contribution in [0.3, 0.4) is 0 Å². The first-order valence-electron chi connectivity index (χ1n) is 3.81. The summed E-state index contributed by atoms with van der Waals surface area (Å²) in [6.07, 6.45) is 1.59. The molecule has 1 amide bonds. The van der Waals surface area contributed by atoms with Crippen molar-refractivity contribution in [3.05, 3.63) is 0 Å². The summed E-state index contributed by atoms with van der Waals surface area (Å²) in [6, 6.07) is 0.152. The van der Waals surface area contributed by atoms with Crippen molar-refractivity contribution in [3.8, 4) is 0 Å². The van der Waals surface area contributed by atoms with E-state index >= 15 is 0 Å². The third-order valence-electron chi connectivity index (χ3n) is 1.89. The molecule has 1 saturated heterocycles. The highest BCUT2D eigenvalue weighted by Gasteiger charge is 2.32. The average Bonchev–Trinajstić information content (AvgIpc) is 2.03. The Kier molecular flexibility index (Phi) is 3.37. The SMILES string of the molecule is COC1NC(=O)C(SC)C(C)N1.